The maximum Gasteiger partial charge on any atom is 0.408 e. The Balaban J connectivity index is 5.01. The minimum atomic E-state index is -0.800. The SMILES string of the molecule is COC(=O)[C@H](CCCCN)NC(=O)[C@H](CC(C)C)NC(=O)OC(C)(C)C. The van der Waals surface area contributed by atoms with E-state index in [0.29, 0.717) is 25.8 Å². The summed E-state index contributed by atoms with van der Waals surface area (Å²) in [6.45, 7) is 9.63. The predicted octanol–water partition coefficient (Wildman–Crippen LogP) is 1.71. The molecule has 0 aliphatic rings. The lowest BCUT2D eigenvalue weighted by Gasteiger charge is -2.25. The number of nitrogens with one attached hydrogen (secondary N) is 2. The van der Waals surface area contributed by atoms with Gasteiger partial charge in [0, 0.05) is 0 Å². The second-order valence-electron chi connectivity index (χ2n) is 7.70. The Morgan fingerprint density at radius 2 is 1.65 bits per heavy atom. The molecule has 152 valence electrons. The monoisotopic (exact) mass is 373 g/mol. The summed E-state index contributed by atoms with van der Waals surface area (Å²) < 4.78 is 9.97. The van der Waals surface area contributed by atoms with E-state index in [2.05, 4.69) is 10.6 Å². The molecule has 0 bridgehead atoms. The van der Waals surface area contributed by atoms with Gasteiger partial charge in [0.05, 0.1) is 7.11 Å². The molecule has 2 amide bonds. The van der Waals surface area contributed by atoms with Gasteiger partial charge in [-0.05, 0) is 58.9 Å². The normalized spacial score (nSPS) is 13.7. The molecule has 0 spiro atoms. The Kier molecular flexibility index (Phi) is 10.9. The topological polar surface area (TPSA) is 120 Å². The number of amides is 2. The lowest BCUT2D eigenvalue weighted by Crippen LogP contribution is -2.53. The first-order chi connectivity index (χ1) is 12.0. The average molecular weight is 373 g/mol. The molecule has 0 aliphatic carbocycles. The third-order valence-corrected chi connectivity index (χ3v) is 3.46. The number of nitrogens with two attached hydrogens (primary N) is 1. The highest BCUT2D eigenvalue weighted by Gasteiger charge is 2.29. The quantitative estimate of drug-likeness (QED) is 0.396. The molecule has 0 aliphatic heterocycles. The standard InChI is InChI=1S/C18H35N3O5/c1-12(2)11-14(21-17(24)26-18(3,4)5)15(22)20-13(16(23)25-6)9-7-8-10-19/h12-14H,7-11,19H2,1-6H3,(H,20,22)(H,21,24)/t13-,14-/m0/s1. The van der Waals surface area contributed by atoms with Crippen LogP contribution in [0.3, 0.4) is 0 Å². The van der Waals surface area contributed by atoms with Gasteiger partial charge in [-0.3, -0.25) is 4.79 Å². The van der Waals surface area contributed by atoms with Gasteiger partial charge in [0.25, 0.3) is 0 Å². The Morgan fingerprint density at radius 1 is 1.04 bits per heavy atom. The van der Waals surface area contributed by atoms with Gasteiger partial charge < -0.3 is 25.8 Å². The number of carbonyl (C=O) groups excluding carboxylic acids is 3. The van der Waals surface area contributed by atoms with E-state index in [1.54, 1.807) is 20.8 Å². The highest BCUT2D eigenvalue weighted by molar-refractivity contribution is 5.89. The number of esters is 1. The molecule has 0 aromatic rings. The van der Waals surface area contributed by atoms with Gasteiger partial charge in [0.15, 0.2) is 0 Å². The summed E-state index contributed by atoms with van der Waals surface area (Å²) in [5.41, 5.74) is 4.80. The van der Waals surface area contributed by atoms with Crippen LogP contribution < -0.4 is 16.4 Å². The van der Waals surface area contributed by atoms with Crippen molar-refractivity contribution >= 4 is 18.0 Å². The van der Waals surface area contributed by atoms with Crippen LogP contribution in [0.4, 0.5) is 4.79 Å². The minimum Gasteiger partial charge on any atom is -0.467 e. The van der Waals surface area contributed by atoms with E-state index in [1.165, 1.54) is 7.11 Å². The lowest BCUT2D eigenvalue weighted by atomic mass is 10.0. The second-order valence-corrected chi connectivity index (χ2v) is 7.70. The first kappa shape index (κ1) is 24.2. The molecule has 0 saturated carbocycles. The number of hydrogen-bond donors (Lipinski definition) is 3. The molecular formula is C18H35N3O5. The van der Waals surface area contributed by atoms with Crippen molar-refractivity contribution in [3.63, 3.8) is 0 Å². The molecule has 0 heterocycles. The predicted molar refractivity (Wildman–Crippen MR) is 99.5 cm³/mol. The van der Waals surface area contributed by atoms with Crippen molar-refractivity contribution in [1.29, 1.82) is 0 Å². The highest BCUT2D eigenvalue weighted by Crippen LogP contribution is 2.11. The van der Waals surface area contributed by atoms with E-state index in [0.717, 1.165) is 6.42 Å². The number of unbranched alkanes of at least 4 members (excludes halogenated alkanes) is 1. The summed E-state index contributed by atoms with van der Waals surface area (Å²) in [4.78, 5) is 36.6. The van der Waals surface area contributed by atoms with Crippen LogP contribution >= 0.6 is 0 Å². The fourth-order valence-corrected chi connectivity index (χ4v) is 2.31. The van der Waals surface area contributed by atoms with Crippen molar-refractivity contribution in [3.8, 4) is 0 Å². The van der Waals surface area contributed by atoms with Crippen LogP contribution in [0.25, 0.3) is 0 Å². The van der Waals surface area contributed by atoms with E-state index in [4.69, 9.17) is 15.2 Å². The zero-order chi connectivity index (χ0) is 20.3. The van der Waals surface area contributed by atoms with Crippen molar-refractivity contribution < 1.29 is 23.9 Å². The fourth-order valence-electron chi connectivity index (χ4n) is 2.31. The van der Waals surface area contributed by atoms with E-state index >= 15 is 0 Å². The largest absolute Gasteiger partial charge is 0.467 e. The Labute approximate surface area is 156 Å². The number of alkyl carbamates (subject to hydrolysis) is 1. The van der Waals surface area contributed by atoms with Gasteiger partial charge in [-0.2, -0.15) is 0 Å². The summed E-state index contributed by atoms with van der Waals surface area (Å²) in [5, 5.41) is 5.26. The maximum absolute atomic E-state index is 12.6. The first-order valence-corrected chi connectivity index (χ1v) is 9.08. The van der Waals surface area contributed by atoms with E-state index in [1.807, 2.05) is 13.8 Å². The number of methoxy groups -OCH3 is 1. The van der Waals surface area contributed by atoms with E-state index in [-0.39, 0.29) is 5.92 Å². The van der Waals surface area contributed by atoms with Crippen molar-refractivity contribution in [2.24, 2.45) is 11.7 Å². The molecule has 2 atom stereocenters. The number of carbonyl (C=O) groups is 3. The van der Waals surface area contributed by atoms with Crippen molar-refractivity contribution in [2.45, 2.75) is 78.0 Å². The highest BCUT2D eigenvalue weighted by atomic mass is 16.6. The summed E-state index contributed by atoms with van der Waals surface area (Å²) in [7, 11) is 1.27. The van der Waals surface area contributed by atoms with Crippen LogP contribution in [-0.2, 0) is 19.1 Å². The summed E-state index contributed by atoms with van der Waals surface area (Å²) in [6, 6.07) is -1.57. The van der Waals surface area contributed by atoms with E-state index < -0.39 is 35.7 Å². The maximum atomic E-state index is 12.6. The zero-order valence-corrected chi connectivity index (χ0v) is 16.9. The third-order valence-electron chi connectivity index (χ3n) is 3.46. The van der Waals surface area contributed by atoms with Crippen LogP contribution in [-0.4, -0.2) is 49.3 Å². The number of ether oxygens (including phenoxy) is 2. The lowest BCUT2D eigenvalue weighted by molar-refractivity contribution is -0.145. The molecule has 0 aromatic carbocycles. The molecule has 8 heteroatoms. The molecular weight excluding hydrogens is 338 g/mol. The zero-order valence-electron chi connectivity index (χ0n) is 16.9. The van der Waals surface area contributed by atoms with Crippen LogP contribution in [0.1, 0.15) is 60.3 Å². The average Bonchev–Trinajstić information content (AvgIpc) is 2.50. The van der Waals surface area contributed by atoms with Crippen molar-refractivity contribution in [2.75, 3.05) is 13.7 Å². The molecule has 8 nitrogen and oxygen atoms in total. The Morgan fingerprint density at radius 3 is 2.12 bits per heavy atom. The summed E-state index contributed by atoms with van der Waals surface area (Å²) >= 11 is 0. The van der Waals surface area contributed by atoms with Gasteiger partial charge in [-0.15, -0.1) is 0 Å². The van der Waals surface area contributed by atoms with Gasteiger partial charge in [-0.25, -0.2) is 9.59 Å². The van der Waals surface area contributed by atoms with Crippen molar-refractivity contribution in [3.05, 3.63) is 0 Å². The number of rotatable bonds is 10. The van der Waals surface area contributed by atoms with Crippen LogP contribution in [0, 0.1) is 5.92 Å². The van der Waals surface area contributed by atoms with Gasteiger partial charge >= 0.3 is 12.1 Å². The fraction of sp³-hybridized carbons (Fsp3) is 0.833. The Hall–Kier alpha value is -1.83. The molecule has 0 unspecified atom stereocenters. The van der Waals surface area contributed by atoms with Crippen LogP contribution in [0.2, 0.25) is 0 Å². The molecule has 0 saturated heterocycles. The molecule has 4 N–H and O–H groups in total. The van der Waals surface area contributed by atoms with Gasteiger partial charge in [0.2, 0.25) is 5.91 Å². The number of hydrogen-bond acceptors (Lipinski definition) is 6. The van der Waals surface area contributed by atoms with Crippen LogP contribution in [0.15, 0.2) is 0 Å². The first-order valence-electron chi connectivity index (χ1n) is 9.08. The van der Waals surface area contributed by atoms with Gasteiger partial charge in [-0.1, -0.05) is 13.8 Å². The summed E-state index contributed by atoms with van der Waals surface area (Å²) in [5.74, 6) is -0.793. The third kappa shape index (κ3) is 10.9. The van der Waals surface area contributed by atoms with E-state index in [9.17, 15) is 14.4 Å². The smallest absolute Gasteiger partial charge is 0.408 e. The molecule has 0 rings (SSSR count). The van der Waals surface area contributed by atoms with Crippen LogP contribution in [0.5, 0.6) is 0 Å². The molecule has 0 aromatic heterocycles. The molecule has 0 radical (unpaired) electrons. The van der Waals surface area contributed by atoms with Gasteiger partial charge in [0.1, 0.15) is 17.7 Å². The molecule has 0 fully saturated rings. The summed E-state index contributed by atoms with van der Waals surface area (Å²) in [6.07, 6.45) is 1.61. The second kappa shape index (κ2) is 11.7. The molecule has 26 heavy (non-hydrogen) atoms. The van der Waals surface area contributed by atoms with Crippen molar-refractivity contribution in [1.82, 2.24) is 10.6 Å². The Bertz CT molecular complexity index is 460. The minimum absolute atomic E-state index is 0.162.